The standard InChI is InChI=1S/C22H30N3O16P3S2/c1-11-9-25(22(29)24-20(11)27)19-8-17(18(38-19)10-37-43(33,34)41-44(35,36)40-42(30,31)32)39-21(28)15-6-5-14(23-13(3)26)7-16(15)12(2)46-45-4/h5-7,9,12,17-19H,8,10H2,1-4H3,(H,23,26)(H,33,34)(H,35,36)(H,24,27,29)(H2,30,31,32)/t12?,17?,18-,19-/m1/s1. The Morgan fingerprint density at radius 3 is 2.43 bits per heavy atom. The number of benzene rings is 1. The van der Waals surface area contributed by atoms with E-state index >= 15 is 0 Å². The lowest BCUT2D eigenvalue weighted by Crippen LogP contribution is -2.33. The fourth-order valence-electron chi connectivity index (χ4n) is 4.18. The van der Waals surface area contributed by atoms with Crippen LogP contribution in [0.25, 0.3) is 0 Å². The second-order valence-electron chi connectivity index (χ2n) is 9.56. The van der Waals surface area contributed by atoms with Gasteiger partial charge < -0.3 is 34.4 Å². The van der Waals surface area contributed by atoms with Gasteiger partial charge >= 0.3 is 35.1 Å². The number of ether oxygens (including phenoxy) is 2. The number of anilines is 1. The van der Waals surface area contributed by atoms with Gasteiger partial charge in [0.25, 0.3) is 5.56 Å². The predicted molar refractivity (Wildman–Crippen MR) is 164 cm³/mol. The molecule has 1 aromatic carbocycles. The molecule has 2 aromatic rings. The van der Waals surface area contributed by atoms with Crippen molar-refractivity contribution >= 4 is 62.6 Å². The van der Waals surface area contributed by atoms with Crippen LogP contribution in [0.5, 0.6) is 0 Å². The van der Waals surface area contributed by atoms with Crippen molar-refractivity contribution in [3.05, 3.63) is 61.9 Å². The molecule has 1 aromatic heterocycles. The SMILES string of the molecule is CSSC(C)c1cc(NC(C)=O)ccc1C(=O)OC1C[C@H](n2cc(C)c(=O)[nH]c2=O)O[C@@H]1COP(=O)(O)OP(=O)(O)OP(=O)(O)O. The summed E-state index contributed by atoms with van der Waals surface area (Å²) in [5.74, 6) is -1.23. The number of aromatic amines is 1. The van der Waals surface area contributed by atoms with E-state index in [1.54, 1.807) is 6.07 Å². The first-order valence-electron chi connectivity index (χ1n) is 12.8. The smallest absolute Gasteiger partial charge is 0.456 e. The molecule has 0 aliphatic carbocycles. The summed E-state index contributed by atoms with van der Waals surface area (Å²) >= 11 is 0. The molecule has 1 aliphatic rings. The summed E-state index contributed by atoms with van der Waals surface area (Å²) in [4.78, 5) is 88.4. The maximum absolute atomic E-state index is 13.5. The third-order valence-corrected chi connectivity index (χ3v) is 12.0. The third-order valence-electron chi connectivity index (χ3n) is 5.98. The average molecular weight is 750 g/mol. The van der Waals surface area contributed by atoms with Crippen LogP contribution in [-0.4, -0.2) is 66.1 Å². The second kappa shape index (κ2) is 15.4. The Labute approximate surface area is 268 Å². The molecule has 0 bridgehead atoms. The number of phosphoric acid groups is 3. The molecule has 1 fully saturated rings. The molecule has 0 radical (unpaired) electrons. The highest BCUT2D eigenvalue weighted by Gasteiger charge is 2.44. The van der Waals surface area contributed by atoms with Gasteiger partial charge in [0, 0.05) is 36.0 Å². The normalized spacial score (nSPS) is 21.6. The van der Waals surface area contributed by atoms with Gasteiger partial charge in [-0.3, -0.25) is 23.7 Å². The number of phosphoric ester groups is 1. The minimum Gasteiger partial charge on any atom is -0.456 e. The molecule has 0 saturated carbocycles. The zero-order valence-electron chi connectivity index (χ0n) is 24.3. The van der Waals surface area contributed by atoms with Gasteiger partial charge in [0.05, 0.1) is 12.2 Å². The molecule has 19 nitrogen and oxygen atoms in total. The maximum atomic E-state index is 13.5. The Kier molecular flexibility index (Phi) is 12.9. The van der Waals surface area contributed by atoms with Crippen molar-refractivity contribution in [1.29, 1.82) is 0 Å². The Morgan fingerprint density at radius 2 is 1.83 bits per heavy atom. The Morgan fingerprint density at radius 1 is 1.15 bits per heavy atom. The van der Waals surface area contributed by atoms with Gasteiger partial charge in [0.2, 0.25) is 5.91 Å². The van der Waals surface area contributed by atoms with E-state index in [1.807, 2.05) is 13.2 Å². The summed E-state index contributed by atoms with van der Waals surface area (Å²) in [5.41, 5.74) is -0.438. The molecule has 6 N–H and O–H groups in total. The van der Waals surface area contributed by atoms with E-state index in [-0.39, 0.29) is 28.7 Å². The number of aromatic nitrogens is 2. The van der Waals surface area contributed by atoms with Crippen molar-refractivity contribution in [3.8, 4) is 0 Å². The quantitative estimate of drug-likeness (QED) is 0.0920. The molecule has 2 heterocycles. The van der Waals surface area contributed by atoms with Gasteiger partial charge in [0.1, 0.15) is 18.4 Å². The van der Waals surface area contributed by atoms with Crippen molar-refractivity contribution in [1.82, 2.24) is 9.55 Å². The van der Waals surface area contributed by atoms with Gasteiger partial charge in [0.15, 0.2) is 0 Å². The molecule has 256 valence electrons. The fourth-order valence-corrected chi connectivity index (χ4v) is 8.97. The monoisotopic (exact) mass is 749 g/mol. The zero-order chi connectivity index (χ0) is 34.6. The number of amides is 1. The number of hydrogen-bond donors (Lipinski definition) is 6. The Hall–Kier alpha value is -2.09. The van der Waals surface area contributed by atoms with Gasteiger partial charge in [-0.1, -0.05) is 21.6 Å². The van der Waals surface area contributed by atoms with Crippen LogP contribution in [0.4, 0.5) is 5.69 Å². The van der Waals surface area contributed by atoms with Gasteiger partial charge in [-0.25, -0.2) is 23.3 Å². The Balaban J connectivity index is 1.92. The van der Waals surface area contributed by atoms with Crippen LogP contribution in [0, 0.1) is 6.92 Å². The highest BCUT2D eigenvalue weighted by molar-refractivity contribution is 8.76. The number of carbonyl (C=O) groups is 2. The number of esters is 1. The lowest BCUT2D eigenvalue weighted by molar-refractivity contribution is -0.114. The van der Waals surface area contributed by atoms with Gasteiger partial charge in [-0.05, 0) is 43.9 Å². The summed E-state index contributed by atoms with van der Waals surface area (Å²) in [6.45, 7) is 3.56. The van der Waals surface area contributed by atoms with E-state index in [1.165, 1.54) is 53.8 Å². The van der Waals surface area contributed by atoms with E-state index in [9.17, 15) is 42.7 Å². The van der Waals surface area contributed by atoms with Crippen molar-refractivity contribution in [2.75, 3.05) is 18.2 Å². The van der Waals surface area contributed by atoms with Crippen molar-refractivity contribution in [3.63, 3.8) is 0 Å². The van der Waals surface area contributed by atoms with Crippen LogP contribution in [0.1, 0.15) is 53.2 Å². The van der Waals surface area contributed by atoms with Crippen molar-refractivity contribution in [2.24, 2.45) is 0 Å². The molecule has 1 saturated heterocycles. The number of rotatable bonds is 14. The molecule has 0 spiro atoms. The number of carbonyl (C=O) groups excluding carboxylic acids is 2. The minimum atomic E-state index is -5.82. The highest BCUT2D eigenvalue weighted by atomic mass is 33.1. The molecule has 3 rings (SSSR count). The lowest BCUT2D eigenvalue weighted by Gasteiger charge is -2.22. The average Bonchev–Trinajstić information content (AvgIpc) is 3.29. The summed E-state index contributed by atoms with van der Waals surface area (Å²) in [5, 5.41) is 2.36. The van der Waals surface area contributed by atoms with Gasteiger partial charge in [-0.15, -0.1) is 0 Å². The second-order valence-corrected chi connectivity index (χ2v) is 16.8. The van der Waals surface area contributed by atoms with Crippen molar-refractivity contribution in [2.45, 2.75) is 50.9 Å². The van der Waals surface area contributed by atoms with E-state index in [0.29, 0.717) is 11.3 Å². The first-order chi connectivity index (χ1) is 21.2. The molecule has 46 heavy (non-hydrogen) atoms. The van der Waals surface area contributed by atoms with Crippen LogP contribution >= 0.6 is 45.1 Å². The number of aryl methyl sites for hydroxylation is 1. The van der Waals surface area contributed by atoms with Gasteiger partial charge in [-0.2, -0.15) is 8.62 Å². The summed E-state index contributed by atoms with van der Waals surface area (Å²) in [7, 11) is -14.2. The van der Waals surface area contributed by atoms with E-state index in [4.69, 9.17) is 23.8 Å². The summed E-state index contributed by atoms with van der Waals surface area (Å²) < 4.78 is 59.5. The van der Waals surface area contributed by atoms with Crippen LogP contribution in [-0.2, 0) is 41.1 Å². The lowest BCUT2D eigenvalue weighted by atomic mass is 10.0. The largest absolute Gasteiger partial charge is 0.490 e. The molecule has 1 amide bonds. The minimum absolute atomic E-state index is 0.0929. The molecular weight excluding hydrogens is 719 g/mol. The molecular formula is C22H30N3O16P3S2. The number of H-pyrrole nitrogens is 1. The molecule has 4 unspecified atom stereocenters. The number of hydrogen-bond acceptors (Lipinski definition) is 14. The number of nitrogens with zero attached hydrogens (tertiary/aromatic N) is 1. The summed E-state index contributed by atoms with van der Waals surface area (Å²) in [6.07, 6.45) is -1.22. The molecule has 24 heteroatoms. The summed E-state index contributed by atoms with van der Waals surface area (Å²) in [6, 6.07) is 4.49. The topological polar surface area (TPSA) is 279 Å². The Bertz CT molecular complexity index is 1730. The number of nitrogens with one attached hydrogen (secondary N) is 2. The van der Waals surface area contributed by atoms with Crippen LogP contribution in [0.3, 0.4) is 0 Å². The van der Waals surface area contributed by atoms with Crippen molar-refractivity contribution < 1.29 is 65.5 Å². The maximum Gasteiger partial charge on any atom is 0.490 e. The highest BCUT2D eigenvalue weighted by Crippen LogP contribution is 2.66. The van der Waals surface area contributed by atoms with Crippen LogP contribution in [0.2, 0.25) is 0 Å². The third kappa shape index (κ3) is 11.0. The molecule has 6 atom stereocenters. The van der Waals surface area contributed by atoms with E-state index in [0.717, 1.165) is 4.57 Å². The zero-order valence-corrected chi connectivity index (χ0v) is 28.6. The van der Waals surface area contributed by atoms with E-state index < -0.39 is 65.7 Å². The fraction of sp³-hybridized carbons (Fsp3) is 0.455. The van der Waals surface area contributed by atoms with Crippen LogP contribution in [0.15, 0.2) is 34.0 Å². The van der Waals surface area contributed by atoms with Crippen LogP contribution < -0.4 is 16.6 Å². The first-order valence-corrected chi connectivity index (χ1v) is 19.9. The molecule has 1 aliphatic heterocycles. The predicted octanol–water partition coefficient (Wildman–Crippen LogP) is 2.73. The van der Waals surface area contributed by atoms with E-state index in [2.05, 4.69) is 18.9 Å². The first kappa shape index (κ1) is 38.4.